The van der Waals surface area contributed by atoms with Crippen molar-refractivity contribution in [2.75, 3.05) is 32.7 Å². The summed E-state index contributed by atoms with van der Waals surface area (Å²) in [5.41, 5.74) is 2.11. The molecule has 0 aliphatic carbocycles. The molecule has 0 saturated carbocycles. The standard InChI is InChI=1S/C22H26N4O3/c1-17-14-19(24-29-17)16-25-9-11-26(12-10-25)21(27)15-23-22(20-8-5-13-28-20)18-6-3-2-4-7-18/h2-8,13-14,22-23H,9-12,15-16H2,1H3/p+2/t22-/m1/s1. The molecule has 1 aromatic carbocycles. The number of nitrogens with zero attached hydrogens (tertiary/aromatic N) is 2. The fraction of sp³-hybridized carbons (Fsp3) is 0.364. The van der Waals surface area contributed by atoms with Crippen molar-refractivity contribution in [2.45, 2.75) is 19.5 Å². The molecule has 3 heterocycles. The number of aromatic nitrogens is 1. The molecule has 1 amide bonds. The number of nitrogens with one attached hydrogen (secondary N) is 1. The number of benzene rings is 1. The number of carbonyl (C=O) groups excluding carboxylic acids is 1. The highest BCUT2D eigenvalue weighted by atomic mass is 16.5. The van der Waals surface area contributed by atoms with Gasteiger partial charge in [0.05, 0.1) is 32.4 Å². The van der Waals surface area contributed by atoms with Crippen LogP contribution < -0.4 is 10.2 Å². The van der Waals surface area contributed by atoms with Gasteiger partial charge in [0, 0.05) is 11.6 Å². The van der Waals surface area contributed by atoms with E-state index in [1.165, 1.54) is 4.90 Å². The summed E-state index contributed by atoms with van der Waals surface area (Å²) < 4.78 is 10.8. The van der Waals surface area contributed by atoms with Crippen LogP contribution in [0.15, 0.2) is 63.7 Å². The maximum Gasteiger partial charge on any atom is 0.278 e. The van der Waals surface area contributed by atoms with E-state index in [0.717, 1.165) is 55.5 Å². The van der Waals surface area contributed by atoms with Crippen molar-refractivity contribution < 1.29 is 24.0 Å². The summed E-state index contributed by atoms with van der Waals surface area (Å²) in [5.74, 6) is 1.88. The molecule has 1 atom stereocenters. The normalized spacial score (nSPS) is 16.1. The van der Waals surface area contributed by atoms with Crippen LogP contribution in [0.4, 0.5) is 0 Å². The highest BCUT2D eigenvalue weighted by Gasteiger charge is 2.27. The maximum absolute atomic E-state index is 12.8. The van der Waals surface area contributed by atoms with E-state index < -0.39 is 0 Å². The van der Waals surface area contributed by atoms with Crippen LogP contribution in [0.1, 0.15) is 28.8 Å². The van der Waals surface area contributed by atoms with Crippen LogP contribution in [-0.4, -0.2) is 48.7 Å². The number of hydrogen-bond donors (Lipinski definition) is 2. The van der Waals surface area contributed by atoms with E-state index in [2.05, 4.69) is 22.6 Å². The largest absolute Gasteiger partial charge is 0.463 e. The van der Waals surface area contributed by atoms with Crippen LogP contribution in [0.2, 0.25) is 0 Å². The zero-order valence-electron chi connectivity index (χ0n) is 16.7. The second kappa shape index (κ2) is 9.07. The Bertz CT molecular complexity index is 899. The zero-order valence-corrected chi connectivity index (χ0v) is 16.7. The molecular weight excluding hydrogens is 368 g/mol. The minimum absolute atomic E-state index is 0.0162. The first-order valence-corrected chi connectivity index (χ1v) is 10.1. The number of rotatable bonds is 7. The van der Waals surface area contributed by atoms with Crippen LogP contribution in [-0.2, 0) is 11.3 Å². The summed E-state index contributed by atoms with van der Waals surface area (Å²) in [7, 11) is 0. The molecule has 3 N–H and O–H groups in total. The Kier molecular flexibility index (Phi) is 6.07. The van der Waals surface area contributed by atoms with Gasteiger partial charge in [0.15, 0.2) is 18.3 Å². The molecule has 152 valence electrons. The average molecular weight is 396 g/mol. The molecule has 0 bridgehead atoms. The summed E-state index contributed by atoms with van der Waals surface area (Å²) in [6, 6.07) is 16.0. The molecular formula is C22H28N4O3+2. The first-order chi connectivity index (χ1) is 14.2. The van der Waals surface area contributed by atoms with E-state index in [0.29, 0.717) is 6.54 Å². The molecule has 29 heavy (non-hydrogen) atoms. The van der Waals surface area contributed by atoms with Gasteiger partial charge in [-0.1, -0.05) is 35.5 Å². The van der Waals surface area contributed by atoms with Gasteiger partial charge >= 0.3 is 0 Å². The molecule has 7 heteroatoms. The lowest BCUT2D eigenvalue weighted by Gasteiger charge is -2.31. The fourth-order valence-electron chi connectivity index (χ4n) is 3.90. The van der Waals surface area contributed by atoms with E-state index in [9.17, 15) is 4.79 Å². The lowest BCUT2D eigenvalue weighted by molar-refractivity contribution is -0.918. The summed E-state index contributed by atoms with van der Waals surface area (Å²) in [4.78, 5) is 16.2. The summed E-state index contributed by atoms with van der Waals surface area (Å²) in [5, 5.41) is 6.14. The van der Waals surface area contributed by atoms with Gasteiger partial charge in [-0.3, -0.25) is 4.79 Å². The molecule has 1 fully saturated rings. The molecule has 1 saturated heterocycles. The van der Waals surface area contributed by atoms with Crippen LogP contribution in [0.5, 0.6) is 0 Å². The van der Waals surface area contributed by atoms with Gasteiger partial charge in [-0.2, -0.15) is 0 Å². The monoisotopic (exact) mass is 396 g/mol. The van der Waals surface area contributed by atoms with Gasteiger partial charge in [0.25, 0.3) is 5.91 Å². The summed E-state index contributed by atoms with van der Waals surface area (Å²) in [6.07, 6.45) is 1.68. The number of piperazine rings is 1. The smallest absolute Gasteiger partial charge is 0.278 e. The Hall–Kier alpha value is -2.90. The lowest BCUT2D eigenvalue weighted by atomic mass is 10.0. The predicted molar refractivity (Wildman–Crippen MR) is 106 cm³/mol. The number of aryl methyl sites for hydroxylation is 1. The average Bonchev–Trinajstić information content (AvgIpc) is 3.42. The molecule has 7 nitrogen and oxygen atoms in total. The number of hydrogen-bond acceptors (Lipinski definition) is 4. The van der Waals surface area contributed by atoms with Crippen molar-refractivity contribution in [1.29, 1.82) is 0 Å². The first-order valence-electron chi connectivity index (χ1n) is 10.1. The second-order valence-corrected chi connectivity index (χ2v) is 7.58. The number of furan rings is 1. The lowest BCUT2D eigenvalue weighted by Crippen LogP contribution is -3.13. The Balaban J connectivity index is 1.30. The van der Waals surface area contributed by atoms with Crippen molar-refractivity contribution in [3.8, 4) is 0 Å². The Morgan fingerprint density at radius 1 is 1.21 bits per heavy atom. The van der Waals surface area contributed by atoms with E-state index >= 15 is 0 Å². The zero-order chi connectivity index (χ0) is 20.1. The molecule has 0 spiro atoms. The Morgan fingerprint density at radius 2 is 2.00 bits per heavy atom. The predicted octanol–water partition coefficient (Wildman–Crippen LogP) is 0.156. The van der Waals surface area contributed by atoms with E-state index in [1.807, 2.05) is 48.2 Å². The second-order valence-electron chi connectivity index (χ2n) is 7.58. The molecule has 1 aliphatic heterocycles. The summed E-state index contributed by atoms with van der Waals surface area (Å²) in [6.45, 7) is 6.56. The van der Waals surface area contributed by atoms with Gasteiger partial charge in [-0.05, 0) is 19.1 Å². The van der Waals surface area contributed by atoms with Crippen LogP contribution in [0, 0.1) is 6.92 Å². The highest BCUT2D eigenvalue weighted by Crippen LogP contribution is 2.18. The minimum Gasteiger partial charge on any atom is -0.463 e. The van der Waals surface area contributed by atoms with Crippen molar-refractivity contribution in [3.63, 3.8) is 0 Å². The maximum atomic E-state index is 12.8. The topological polar surface area (TPSA) is 80.5 Å². The minimum atomic E-state index is -0.0162. The molecule has 3 aromatic rings. The van der Waals surface area contributed by atoms with Gasteiger partial charge in [0.1, 0.15) is 18.0 Å². The molecule has 0 radical (unpaired) electrons. The highest BCUT2D eigenvalue weighted by molar-refractivity contribution is 5.77. The number of nitrogens with two attached hydrogens (primary N) is 1. The van der Waals surface area contributed by atoms with Crippen molar-refractivity contribution in [2.24, 2.45) is 0 Å². The Labute approximate surface area is 170 Å². The number of quaternary nitrogens is 2. The molecule has 4 rings (SSSR count). The molecule has 0 unspecified atom stereocenters. The fourth-order valence-corrected chi connectivity index (χ4v) is 3.90. The first kappa shape index (κ1) is 19.4. The third-order valence-electron chi connectivity index (χ3n) is 5.47. The Morgan fingerprint density at radius 3 is 2.66 bits per heavy atom. The summed E-state index contributed by atoms with van der Waals surface area (Å²) >= 11 is 0. The van der Waals surface area contributed by atoms with Crippen molar-refractivity contribution >= 4 is 5.91 Å². The van der Waals surface area contributed by atoms with Crippen LogP contribution >= 0.6 is 0 Å². The van der Waals surface area contributed by atoms with E-state index in [4.69, 9.17) is 8.94 Å². The van der Waals surface area contributed by atoms with E-state index in [-0.39, 0.29) is 11.9 Å². The van der Waals surface area contributed by atoms with Crippen molar-refractivity contribution in [3.05, 3.63) is 77.6 Å². The van der Waals surface area contributed by atoms with Gasteiger partial charge in [-0.15, -0.1) is 0 Å². The third-order valence-corrected chi connectivity index (χ3v) is 5.47. The SMILES string of the molecule is Cc1cc(C[NH+]2CCN(C(=O)C[NH2+][C@H](c3ccccc3)c3ccco3)CC2)no1. The van der Waals surface area contributed by atoms with Crippen LogP contribution in [0.3, 0.4) is 0 Å². The van der Waals surface area contributed by atoms with Gasteiger partial charge < -0.3 is 24.1 Å². The van der Waals surface area contributed by atoms with Gasteiger partial charge in [0.2, 0.25) is 0 Å². The third kappa shape index (κ3) is 4.93. The van der Waals surface area contributed by atoms with Crippen molar-refractivity contribution in [1.82, 2.24) is 10.1 Å². The van der Waals surface area contributed by atoms with Crippen LogP contribution in [0.25, 0.3) is 0 Å². The molecule has 1 aliphatic rings. The van der Waals surface area contributed by atoms with Gasteiger partial charge in [-0.25, -0.2) is 0 Å². The number of carbonyl (C=O) groups is 1. The molecule has 2 aromatic heterocycles. The number of amides is 1. The quantitative estimate of drug-likeness (QED) is 0.596. The van der Waals surface area contributed by atoms with E-state index in [1.54, 1.807) is 6.26 Å².